The molecule has 15 heavy (non-hydrogen) atoms. The molecule has 1 atom stereocenters. The van der Waals surface area contributed by atoms with Gasteiger partial charge in [-0.05, 0) is 22.0 Å². The van der Waals surface area contributed by atoms with Gasteiger partial charge in [0.05, 0.1) is 24.2 Å². The smallest absolute Gasteiger partial charge is 0.208 e. The summed E-state index contributed by atoms with van der Waals surface area (Å²) in [6.45, 7) is -0.340. The van der Waals surface area contributed by atoms with Crippen LogP contribution in [0, 0.1) is 5.82 Å². The largest absolute Gasteiger partial charge is 0.504 e. The third kappa shape index (κ3) is 2.22. The summed E-state index contributed by atoms with van der Waals surface area (Å²) < 4.78 is 18.4. The maximum atomic E-state index is 13.5. The van der Waals surface area contributed by atoms with Crippen LogP contribution in [0.4, 0.5) is 4.39 Å². The molecule has 0 aromatic heterocycles. The fourth-order valence-corrected chi connectivity index (χ4v) is 1.61. The summed E-state index contributed by atoms with van der Waals surface area (Å²) in [4.78, 5) is 0. The van der Waals surface area contributed by atoms with E-state index in [9.17, 15) is 9.50 Å². The van der Waals surface area contributed by atoms with Crippen LogP contribution in [0.2, 0.25) is 0 Å². The van der Waals surface area contributed by atoms with Crippen LogP contribution < -0.4 is 10.5 Å². The summed E-state index contributed by atoms with van der Waals surface area (Å²) in [5.41, 5.74) is 5.85. The first-order valence-corrected chi connectivity index (χ1v) is 4.93. The van der Waals surface area contributed by atoms with Crippen molar-refractivity contribution in [1.29, 1.82) is 0 Å². The number of benzene rings is 1. The van der Waals surface area contributed by atoms with Crippen molar-refractivity contribution in [3.8, 4) is 11.5 Å². The molecule has 1 rings (SSSR count). The third-order valence-corrected chi connectivity index (χ3v) is 2.58. The lowest BCUT2D eigenvalue weighted by Crippen LogP contribution is -2.16. The number of nitrogens with two attached hydrogens (primary N) is 1. The summed E-state index contributed by atoms with van der Waals surface area (Å²) in [5.74, 6) is -1.59. The highest BCUT2D eigenvalue weighted by atomic mass is 79.9. The van der Waals surface area contributed by atoms with Gasteiger partial charge >= 0.3 is 0 Å². The molecule has 0 spiro atoms. The van der Waals surface area contributed by atoms with E-state index in [1.807, 2.05) is 0 Å². The Labute approximate surface area is 94.6 Å². The number of aliphatic hydroxyl groups excluding tert-OH is 1. The molecule has 0 saturated heterocycles. The Morgan fingerprint density at radius 3 is 2.73 bits per heavy atom. The second kappa shape index (κ2) is 4.78. The Morgan fingerprint density at radius 2 is 2.27 bits per heavy atom. The van der Waals surface area contributed by atoms with Gasteiger partial charge in [-0.3, -0.25) is 0 Å². The molecule has 0 aliphatic heterocycles. The fraction of sp³-hybridized carbons (Fsp3) is 0.333. The van der Waals surface area contributed by atoms with Gasteiger partial charge in [0.15, 0.2) is 11.5 Å². The van der Waals surface area contributed by atoms with Crippen LogP contribution in [0.25, 0.3) is 0 Å². The minimum atomic E-state index is -0.897. The van der Waals surface area contributed by atoms with Gasteiger partial charge in [-0.1, -0.05) is 0 Å². The van der Waals surface area contributed by atoms with E-state index in [1.165, 1.54) is 13.2 Å². The maximum absolute atomic E-state index is 13.5. The molecule has 4 nitrogen and oxygen atoms in total. The summed E-state index contributed by atoms with van der Waals surface area (Å²) >= 11 is 2.97. The zero-order chi connectivity index (χ0) is 11.6. The average molecular weight is 280 g/mol. The molecule has 0 radical (unpaired) electrons. The molecular weight excluding hydrogens is 269 g/mol. The molecule has 0 bridgehead atoms. The number of hydrogen-bond acceptors (Lipinski definition) is 4. The van der Waals surface area contributed by atoms with Gasteiger partial charge in [-0.2, -0.15) is 4.39 Å². The van der Waals surface area contributed by atoms with Crippen LogP contribution in [0.5, 0.6) is 11.5 Å². The van der Waals surface area contributed by atoms with Crippen molar-refractivity contribution in [1.82, 2.24) is 0 Å². The Bertz CT molecular complexity index is 373. The molecule has 6 heteroatoms. The van der Waals surface area contributed by atoms with Crippen molar-refractivity contribution in [3.63, 3.8) is 0 Å². The van der Waals surface area contributed by atoms with Gasteiger partial charge in [0.2, 0.25) is 5.82 Å². The summed E-state index contributed by atoms with van der Waals surface area (Å²) in [7, 11) is 1.26. The Balaban J connectivity index is 3.38. The van der Waals surface area contributed by atoms with Gasteiger partial charge in [0.1, 0.15) is 0 Å². The van der Waals surface area contributed by atoms with E-state index >= 15 is 0 Å². The zero-order valence-corrected chi connectivity index (χ0v) is 9.58. The molecule has 0 aliphatic rings. The number of methoxy groups -OCH3 is 1. The van der Waals surface area contributed by atoms with E-state index in [4.69, 9.17) is 15.6 Å². The number of halogens is 2. The molecular formula is C9H11BrFNO3. The lowest BCUT2D eigenvalue weighted by atomic mass is 10.1. The van der Waals surface area contributed by atoms with Gasteiger partial charge < -0.3 is 20.7 Å². The van der Waals surface area contributed by atoms with Crippen molar-refractivity contribution in [2.45, 2.75) is 6.04 Å². The molecule has 1 aromatic rings. The second-order valence-electron chi connectivity index (χ2n) is 2.93. The van der Waals surface area contributed by atoms with Crippen LogP contribution in [0.15, 0.2) is 10.5 Å². The summed E-state index contributed by atoms with van der Waals surface area (Å²) in [6.07, 6.45) is 0. The topological polar surface area (TPSA) is 75.7 Å². The highest BCUT2D eigenvalue weighted by Gasteiger charge is 2.20. The number of rotatable bonds is 3. The van der Waals surface area contributed by atoms with Crippen LogP contribution in [-0.2, 0) is 0 Å². The normalized spacial score (nSPS) is 12.6. The van der Waals surface area contributed by atoms with Gasteiger partial charge in [0.25, 0.3) is 0 Å². The van der Waals surface area contributed by atoms with Crippen molar-refractivity contribution >= 4 is 15.9 Å². The molecule has 0 heterocycles. The summed E-state index contributed by atoms with van der Waals surface area (Å²) in [6, 6.07) is 0.657. The predicted molar refractivity (Wildman–Crippen MR) is 56.3 cm³/mol. The van der Waals surface area contributed by atoms with E-state index < -0.39 is 17.6 Å². The predicted octanol–water partition coefficient (Wildman–Crippen LogP) is 1.29. The molecule has 4 N–H and O–H groups in total. The van der Waals surface area contributed by atoms with Gasteiger partial charge in [-0.25, -0.2) is 0 Å². The first-order valence-electron chi connectivity index (χ1n) is 4.14. The van der Waals surface area contributed by atoms with Gasteiger partial charge in [-0.15, -0.1) is 0 Å². The average Bonchev–Trinajstić information content (AvgIpc) is 2.24. The van der Waals surface area contributed by atoms with Crippen LogP contribution >= 0.6 is 15.9 Å². The molecule has 1 aromatic carbocycles. The van der Waals surface area contributed by atoms with Crippen LogP contribution in [0.3, 0.4) is 0 Å². The minimum absolute atomic E-state index is 0.155. The van der Waals surface area contributed by atoms with E-state index in [-0.39, 0.29) is 16.8 Å². The number of hydrogen-bond donors (Lipinski definition) is 3. The van der Waals surface area contributed by atoms with E-state index in [0.717, 1.165) is 0 Å². The van der Waals surface area contributed by atoms with Crippen molar-refractivity contribution in [2.24, 2.45) is 5.73 Å². The lowest BCUT2D eigenvalue weighted by Gasteiger charge is -2.15. The Morgan fingerprint density at radius 1 is 1.67 bits per heavy atom. The lowest BCUT2D eigenvalue weighted by molar-refractivity contribution is 0.262. The van der Waals surface area contributed by atoms with Crippen molar-refractivity contribution in [3.05, 3.63) is 21.9 Å². The highest BCUT2D eigenvalue weighted by Crippen LogP contribution is 2.38. The van der Waals surface area contributed by atoms with Crippen LogP contribution in [-0.4, -0.2) is 23.9 Å². The fourth-order valence-electron chi connectivity index (χ4n) is 1.19. The first-order chi connectivity index (χ1) is 7.02. The minimum Gasteiger partial charge on any atom is -0.504 e. The summed E-state index contributed by atoms with van der Waals surface area (Å²) in [5, 5.41) is 18.2. The number of phenolic OH excluding ortho intramolecular Hbond substituents is 1. The monoisotopic (exact) mass is 279 g/mol. The SMILES string of the molecule is COc1c(C(N)CO)cc(Br)c(O)c1F. The molecule has 1 unspecified atom stereocenters. The number of phenols is 1. The molecule has 0 aliphatic carbocycles. The van der Waals surface area contributed by atoms with Crippen molar-refractivity contribution < 1.29 is 19.3 Å². The standard InChI is InChI=1S/C9H11BrFNO3/c1-15-9-4(6(12)3-13)2-5(10)8(14)7(9)11/h2,6,13-14H,3,12H2,1H3. The van der Waals surface area contributed by atoms with Gasteiger partial charge in [0, 0.05) is 5.56 Å². The molecule has 0 fully saturated rings. The Kier molecular flexibility index (Phi) is 3.90. The molecule has 0 amide bonds. The number of aromatic hydroxyl groups is 1. The Hall–Kier alpha value is -0.850. The van der Waals surface area contributed by atoms with Crippen molar-refractivity contribution in [2.75, 3.05) is 13.7 Å². The second-order valence-corrected chi connectivity index (χ2v) is 3.79. The highest BCUT2D eigenvalue weighted by molar-refractivity contribution is 9.10. The number of ether oxygens (including phenoxy) is 1. The maximum Gasteiger partial charge on any atom is 0.208 e. The van der Waals surface area contributed by atoms with E-state index in [0.29, 0.717) is 5.56 Å². The zero-order valence-electron chi connectivity index (χ0n) is 8.00. The molecule has 84 valence electrons. The quantitative estimate of drug-likeness (QED) is 0.780. The van der Waals surface area contributed by atoms with E-state index in [2.05, 4.69) is 15.9 Å². The third-order valence-electron chi connectivity index (χ3n) is 1.98. The van der Waals surface area contributed by atoms with Crippen LogP contribution in [0.1, 0.15) is 11.6 Å². The van der Waals surface area contributed by atoms with E-state index in [1.54, 1.807) is 0 Å². The molecule has 0 saturated carbocycles. The first kappa shape index (κ1) is 12.2. The number of aliphatic hydroxyl groups is 1.